The Hall–Kier alpha value is -0.280. The van der Waals surface area contributed by atoms with E-state index in [1.54, 1.807) is 0 Å². The van der Waals surface area contributed by atoms with E-state index in [0.29, 0.717) is 0 Å². The van der Waals surface area contributed by atoms with Gasteiger partial charge in [-0.15, -0.1) is 0 Å². The third-order valence-electron chi connectivity index (χ3n) is 0.945. The van der Waals surface area contributed by atoms with Gasteiger partial charge in [0.1, 0.15) is 0 Å². The van der Waals surface area contributed by atoms with E-state index >= 15 is 0 Å². The Morgan fingerprint density at radius 2 is 1.00 bits per heavy atom. The van der Waals surface area contributed by atoms with Crippen molar-refractivity contribution in [3.05, 3.63) is 0 Å². The fourth-order valence-electron chi connectivity index (χ4n) is 0.150. The van der Waals surface area contributed by atoms with Gasteiger partial charge >= 0.3 is 0 Å². The second-order valence-corrected chi connectivity index (χ2v) is 1.84. The molecule has 0 spiro atoms. The lowest BCUT2D eigenvalue weighted by Gasteiger charge is -2.20. The number of hydrogen-bond donors (Lipinski definition) is 7. The minimum absolute atomic E-state index is 0. The molecule has 0 fully saturated rings. The number of aliphatic hydroxyl groups is 3. The van der Waals surface area contributed by atoms with E-state index in [0.717, 1.165) is 0 Å². The van der Waals surface area contributed by atoms with Gasteiger partial charge < -0.3 is 39.5 Å². The quantitative estimate of drug-likeness (QED) is 0.259. The largest absolute Gasteiger partial charge is 0.394 e. The first-order chi connectivity index (χ1) is 3.68. The Kier molecular flexibility index (Phi) is 19.8. The highest BCUT2D eigenvalue weighted by Gasteiger charge is 2.20. The summed E-state index contributed by atoms with van der Waals surface area (Å²) in [5, 5.41) is 25.0. The molecule has 0 saturated carbocycles. The van der Waals surface area contributed by atoms with Gasteiger partial charge in [0.15, 0.2) is 0 Å². The normalized spacial score (nSPS) is 8.73. The monoisotopic (exact) mass is 172 g/mol. The van der Waals surface area contributed by atoms with Gasteiger partial charge in [0.2, 0.25) is 0 Å². The van der Waals surface area contributed by atoms with Crippen molar-refractivity contribution in [2.45, 2.75) is 5.54 Å². The summed E-state index contributed by atoms with van der Waals surface area (Å²) in [4.78, 5) is 0. The second kappa shape index (κ2) is 9.72. The summed E-state index contributed by atoms with van der Waals surface area (Å²) in [6, 6.07) is 0. The molecule has 0 aliphatic heterocycles. The Morgan fingerprint density at radius 3 is 1.00 bits per heavy atom. The fraction of sp³-hybridized carbons (Fsp3) is 1.00. The van der Waals surface area contributed by atoms with Crippen LogP contribution in [0.2, 0.25) is 0 Å². The molecule has 11 heavy (non-hydrogen) atoms. The molecule has 0 aliphatic rings. The van der Waals surface area contributed by atoms with Crippen LogP contribution in [0.1, 0.15) is 0 Å². The fourth-order valence-corrected chi connectivity index (χ4v) is 0.150. The summed E-state index contributed by atoms with van der Waals surface area (Å²) in [7, 11) is 0. The van der Waals surface area contributed by atoms with E-state index in [9.17, 15) is 0 Å². The van der Waals surface area contributed by atoms with Gasteiger partial charge in [-0.05, 0) is 0 Å². The first-order valence-corrected chi connectivity index (χ1v) is 2.30. The Balaban J connectivity index is -0.0000000817. The maximum Gasteiger partial charge on any atom is 0.0856 e. The van der Waals surface area contributed by atoms with Gasteiger partial charge in [-0.2, -0.15) is 0 Å². The van der Waals surface area contributed by atoms with Crippen molar-refractivity contribution in [3.63, 3.8) is 0 Å². The van der Waals surface area contributed by atoms with E-state index in [2.05, 4.69) is 0 Å². The average Bonchev–Trinajstić information content (AvgIpc) is 1.87. The van der Waals surface area contributed by atoms with Gasteiger partial charge in [0.05, 0.1) is 25.4 Å². The zero-order valence-electron chi connectivity index (χ0n) is 6.66. The molecular formula is C4H20N4O3. The standard InChI is InChI=1S/C4H11NO3.3H3N/c5-4(1-6,2-7)3-8;;;/h6-8H,1-3,5H2;3*1H3. The summed E-state index contributed by atoms with van der Waals surface area (Å²) in [5.41, 5.74) is 3.94. The first-order valence-electron chi connectivity index (χ1n) is 2.30. The highest BCUT2D eigenvalue weighted by atomic mass is 16.3. The molecule has 0 saturated heterocycles. The molecule has 0 aliphatic carbocycles. The molecule has 0 aromatic rings. The van der Waals surface area contributed by atoms with E-state index in [1.165, 1.54) is 0 Å². The molecule has 0 radical (unpaired) electrons. The zero-order valence-corrected chi connectivity index (χ0v) is 6.66. The molecule has 7 nitrogen and oxygen atoms in total. The van der Waals surface area contributed by atoms with Crippen LogP contribution in [0.5, 0.6) is 0 Å². The van der Waals surface area contributed by atoms with Gasteiger partial charge in [0.25, 0.3) is 0 Å². The molecule has 7 heteroatoms. The van der Waals surface area contributed by atoms with Gasteiger partial charge in [-0.1, -0.05) is 0 Å². The van der Waals surface area contributed by atoms with Crippen LogP contribution < -0.4 is 24.2 Å². The molecule has 0 atom stereocenters. The maximum atomic E-state index is 8.34. The highest BCUT2D eigenvalue weighted by Crippen LogP contribution is 1.93. The Labute approximate surface area is 66.0 Å². The molecule has 14 N–H and O–H groups in total. The van der Waals surface area contributed by atoms with Crippen LogP contribution in [0, 0.1) is 0 Å². The second-order valence-electron chi connectivity index (χ2n) is 1.84. The van der Waals surface area contributed by atoms with Crippen molar-refractivity contribution >= 4 is 0 Å². The summed E-state index contributed by atoms with van der Waals surface area (Å²) in [6.07, 6.45) is 0. The molecule has 0 aromatic heterocycles. The molecular weight excluding hydrogens is 152 g/mol. The molecule has 0 aromatic carbocycles. The summed E-state index contributed by atoms with van der Waals surface area (Å²) >= 11 is 0. The van der Waals surface area contributed by atoms with Crippen molar-refractivity contribution in [2.75, 3.05) is 19.8 Å². The van der Waals surface area contributed by atoms with Crippen molar-refractivity contribution < 1.29 is 15.3 Å². The van der Waals surface area contributed by atoms with Crippen LogP contribution in [0.4, 0.5) is 0 Å². The predicted octanol–water partition coefficient (Wildman–Crippen LogP) is -1.85. The van der Waals surface area contributed by atoms with E-state index < -0.39 is 25.4 Å². The number of nitrogens with two attached hydrogens (primary N) is 1. The van der Waals surface area contributed by atoms with Crippen molar-refractivity contribution in [1.82, 2.24) is 18.5 Å². The smallest absolute Gasteiger partial charge is 0.0856 e. The predicted molar refractivity (Wildman–Crippen MR) is 43.2 cm³/mol. The number of aliphatic hydroxyl groups excluding tert-OH is 3. The van der Waals surface area contributed by atoms with Crippen LogP contribution in [-0.2, 0) is 0 Å². The molecule has 0 amide bonds. The maximum absolute atomic E-state index is 8.34. The van der Waals surface area contributed by atoms with Gasteiger partial charge in [-0.25, -0.2) is 0 Å². The lowest BCUT2D eigenvalue weighted by Crippen LogP contribution is -2.50. The molecule has 0 unspecified atom stereocenters. The van der Waals surface area contributed by atoms with Crippen LogP contribution in [0.25, 0.3) is 0 Å². The van der Waals surface area contributed by atoms with Crippen LogP contribution in [0.15, 0.2) is 0 Å². The summed E-state index contributed by atoms with van der Waals surface area (Å²) < 4.78 is 0. The Morgan fingerprint density at radius 1 is 0.818 bits per heavy atom. The minimum Gasteiger partial charge on any atom is -0.394 e. The van der Waals surface area contributed by atoms with Crippen molar-refractivity contribution in [1.29, 1.82) is 0 Å². The highest BCUT2D eigenvalue weighted by molar-refractivity contribution is 4.80. The van der Waals surface area contributed by atoms with E-state index in [-0.39, 0.29) is 18.5 Å². The Bertz CT molecular complexity index is 60.1. The topological polar surface area (TPSA) is 192 Å². The first kappa shape index (κ1) is 22.4. The van der Waals surface area contributed by atoms with Crippen molar-refractivity contribution in [2.24, 2.45) is 5.73 Å². The third kappa shape index (κ3) is 7.62. The SMILES string of the molecule is N.N.N.NC(CO)(CO)CO. The van der Waals surface area contributed by atoms with E-state index in [4.69, 9.17) is 21.1 Å². The summed E-state index contributed by atoms with van der Waals surface area (Å²) in [5.74, 6) is 0. The number of hydrogen-bond acceptors (Lipinski definition) is 7. The van der Waals surface area contributed by atoms with Gasteiger partial charge in [-0.3, -0.25) is 0 Å². The van der Waals surface area contributed by atoms with Crippen LogP contribution >= 0.6 is 0 Å². The third-order valence-corrected chi connectivity index (χ3v) is 0.945. The molecule has 0 heterocycles. The molecule has 0 bridgehead atoms. The van der Waals surface area contributed by atoms with Crippen molar-refractivity contribution in [3.8, 4) is 0 Å². The molecule has 0 rings (SSSR count). The molecule has 74 valence electrons. The van der Waals surface area contributed by atoms with Gasteiger partial charge in [0, 0.05) is 0 Å². The van der Waals surface area contributed by atoms with Crippen LogP contribution in [-0.4, -0.2) is 40.7 Å². The zero-order chi connectivity index (χ0) is 6.62. The lowest BCUT2D eigenvalue weighted by molar-refractivity contribution is 0.0698. The lowest BCUT2D eigenvalue weighted by atomic mass is 10.1. The summed E-state index contributed by atoms with van der Waals surface area (Å²) in [6.45, 7) is -1.21. The van der Waals surface area contributed by atoms with Crippen LogP contribution in [0.3, 0.4) is 0 Å². The minimum atomic E-state index is -1.21. The van der Waals surface area contributed by atoms with E-state index in [1.807, 2.05) is 0 Å². The number of rotatable bonds is 3. The average molecular weight is 172 g/mol.